The van der Waals surface area contributed by atoms with Crippen molar-refractivity contribution >= 4 is 12.0 Å². The lowest BCUT2D eigenvalue weighted by atomic mass is 10.0. The van der Waals surface area contributed by atoms with Gasteiger partial charge in [-0.25, -0.2) is 0 Å². The van der Waals surface area contributed by atoms with Gasteiger partial charge in [0.1, 0.15) is 0 Å². The fourth-order valence-electron chi connectivity index (χ4n) is 2.91. The molecule has 118 valence electrons. The molecule has 3 heteroatoms. The van der Waals surface area contributed by atoms with Gasteiger partial charge in [0.25, 0.3) is 0 Å². The molecule has 23 heavy (non-hydrogen) atoms. The van der Waals surface area contributed by atoms with Gasteiger partial charge in [0.2, 0.25) is 5.91 Å². The van der Waals surface area contributed by atoms with E-state index in [0.29, 0.717) is 6.54 Å². The maximum absolute atomic E-state index is 12.2. The summed E-state index contributed by atoms with van der Waals surface area (Å²) in [6, 6.07) is 18.3. The molecule has 3 nitrogen and oxygen atoms in total. The van der Waals surface area contributed by atoms with Gasteiger partial charge in [-0.2, -0.15) is 0 Å². The maximum Gasteiger partial charge on any atom is 0.246 e. The molecule has 1 aliphatic heterocycles. The number of hydrogen-bond acceptors (Lipinski definition) is 2. The van der Waals surface area contributed by atoms with E-state index in [4.69, 9.17) is 5.11 Å². The molecule has 0 aromatic heterocycles. The molecule has 0 saturated carbocycles. The summed E-state index contributed by atoms with van der Waals surface area (Å²) in [5.74, 6) is 0.250. The van der Waals surface area contributed by atoms with Crippen molar-refractivity contribution in [3.63, 3.8) is 0 Å². The summed E-state index contributed by atoms with van der Waals surface area (Å²) in [6.07, 6.45) is 4.38. The van der Waals surface area contributed by atoms with Gasteiger partial charge in [-0.05, 0) is 35.3 Å². The second-order valence-corrected chi connectivity index (χ2v) is 5.95. The quantitative estimate of drug-likeness (QED) is 0.881. The second kappa shape index (κ2) is 7.25. The van der Waals surface area contributed by atoms with E-state index in [1.54, 1.807) is 11.0 Å². The Morgan fingerprint density at radius 3 is 2.65 bits per heavy atom. The number of carbonyl (C=O) groups excluding carboxylic acids is 1. The van der Waals surface area contributed by atoms with Crippen molar-refractivity contribution < 1.29 is 9.90 Å². The lowest BCUT2D eigenvalue weighted by Gasteiger charge is -2.13. The van der Waals surface area contributed by atoms with Crippen molar-refractivity contribution in [2.75, 3.05) is 19.7 Å². The van der Waals surface area contributed by atoms with E-state index < -0.39 is 0 Å². The Morgan fingerprint density at radius 2 is 1.91 bits per heavy atom. The minimum atomic E-state index is 0.0195. The first-order chi connectivity index (χ1) is 11.3. The topological polar surface area (TPSA) is 40.5 Å². The number of likely N-dealkylation sites (tertiary alicyclic amines) is 1. The van der Waals surface area contributed by atoms with E-state index in [1.807, 2.05) is 36.4 Å². The van der Waals surface area contributed by atoms with Crippen LogP contribution in [0.4, 0.5) is 0 Å². The standard InChI is InChI=1S/C20H21NO2/c22-15-17-11-12-21(14-17)20(23)10-9-16-5-4-8-19(13-16)18-6-2-1-3-7-18/h1-10,13,17,22H,11-12,14-15H2/b10-9+. The van der Waals surface area contributed by atoms with Crippen LogP contribution < -0.4 is 0 Å². The van der Waals surface area contributed by atoms with E-state index >= 15 is 0 Å². The zero-order valence-electron chi connectivity index (χ0n) is 13.1. The monoisotopic (exact) mass is 307 g/mol. The number of hydrogen-bond donors (Lipinski definition) is 1. The minimum Gasteiger partial charge on any atom is -0.396 e. The normalized spacial score (nSPS) is 17.8. The van der Waals surface area contributed by atoms with Crippen molar-refractivity contribution in [3.05, 3.63) is 66.2 Å². The van der Waals surface area contributed by atoms with E-state index in [1.165, 1.54) is 5.56 Å². The first-order valence-electron chi connectivity index (χ1n) is 7.99. The zero-order chi connectivity index (χ0) is 16.1. The Morgan fingerprint density at radius 1 is 1.13 bits per heavy atom. The van der Waals surface area contributed by atoms with Crippen LogP contribution in [-0.2, 0) is 4.79 Å². The number of aliphatic hydroxyl groups is 1. The lowest BCUT2D eigenvalue weighted by molar-refractivity contribution is -0.125. The first kappa shape index (κ1) is 15.5. The smallest absolute Gasteiger partial charge is 0.246 e. The summed E-state index contributed by atoms with van der Waals surface area (Å²) < 4.78 is 0. The molecule has 1 aliphatic rings. The van der Waals surface area contributed by atoms with Crippen LogP contribution in [0.25, 0.3) is 17.2 Å². The summed E-state index contributed by atoms with van der Waals surface area (Å²) in [6.45, 7) is 1.55. The minimum absolute atomic E-state index is 0.0195. The van der Waals surface area contributed by atoms with Gasteiger partial charge in [0.15, 0.2) is 0 Å². The van der Waals surface area contributed by atoms with Crippen molar-refractivity contribution in [3.8, 4) is 11.1 Å². The second-order valence-electron chi connectivity index (χ2n) is 5.95. The highest BCUT2D eigenvalue weighted by Gasteiger charge is 2.23. The summed E-state index contributed by atoms with van der Waals surface area (Å²) in [4.78, 5) is 14.0. The number of carbonyl (C=O) groups is 1. The molecular weight excluding hydrogens is 286 g/mol. The fourth-order valence-corrected chi connectivity index (χ4v) is 2.91. The van der Waals surface area contributed by atoms with Crippen molar-refractivity contribution in [1.82, 2.24) is 4.90 Å². The van der Waals surface area contributed by atoms with E-state index in [0.717, 1.165) is 24.1 Å². The van der Waals surface area contributed by atoms with Crippen molar-refractivity contribution in [2.24, 2.45) is 5.92 Å². The van der Waals surface area contributed by atoms with Gasteiger partial charge in [0, 0.05) is 31.7 Å². The molecule has 2 aromatic carbocycles. The summed E-state index contributed by atoms with van der Waals surface area (Å²) in [5.41, 5.74) is 3.32. The highest BCUT2D eigenvalue weighted by atomic mass is 16.3. The van der Waals surface area contributed by atoms with Crippen LogP contribution in [0, 0.1) is 5.92 Å². The number of nitrogens with zero attached hydrogens (tertiary/aromatic N) is 1. The Bertz CT molecular complexity index is 694. The Hall–Kier alpha value is -2.39. The van der Waals surface area contributed by atoms with Crippen LogP contribution in [0.2, 0.25) is 0 Å². The first-order valence-corrected chi connectivity index (χ1v) is 7.99. The predicted octanol–water partition coefficient (Wildman–Crippen LogP) is 3.21. The van der Waals surface area contributed by atoms with E-state index in [9.17, 15) is 4.79 Å². The van der Waals surface area contributed by atoms with Crippen LogP contribution in [0.15, 0.2) is 60.7 Å². The van der Waals surface area contributed by atoms with Gasteiger partial charge in [-0.3, -0.25) is 4.79 Å². The average molecular weight is 307 g/mol. The molecule has 0 bridgehead atoms. The molecule has 0 radical (unpaired) electrons. The molecule has 1 fully saturated rings. The van der Waals surface area contributed by atoms with Crippen LogP contribution in [0.3, 0.4) is 0 Å². The van der Waals surface area contributed by atoms with Gasteiger partial charge in [0.05, 0.1) is 0 Å². The third kappa shape index (κ3) is 3.88. The molecule has 1 heterocycles. The Labute approximate surface area is 136 Å². The highest BCUT2D eigenvalue weighted by Crippen LogP contribution is 2.21. The predicted molar refractivity (Wildman–Crippen MR) is 92.7 cm³/mol. The molecule has 1 unspecified atom stereocenters. The maximum atomic E-state index is 12.2. The van der Waals surface area contributed by atoms with Gasteiger partial charge < -0.3 is 10.0 Å². The molecule has 2 aromatic rings. The molecule has 1 N–H and O–H groups in total. The Balaban J connectivity index is 1.69. The lowest BCUT2D eigenvalue weighted by Crippen LogP contribution is -2.27. The van der Waals surface area contributed by atoms with E-state index in [2.05, 4.69) is 24.3 Å². The molecule has 1 saturated heterocycles. The van der Waals surface area contributed by atoms with Crippen LogP contribution in [-0.4, -0.2) is 35.6 Å². The van der Waals surface area contributed by atoms with Gasteiger partial charge >= 0.3 is 0 Å². The SMILES string of the molecule is O=C(/C=C/c1cccc(-c2ccccc2)c1)N1CCC(CO)C1. The Kier molecular flexibility index (Phi) is 4.89. The third-order valence-corrected chi connectivity index (χ3v) is 4.27. The molecular formula is C20H21NO2. The van der Waals surface area contributed by atoms with Crippen LogP contribution >= 0.6 is 0 Å². The number of aliphatic hydroxyl groups excluding tert-OH is 1. The average Bonchev–Trinajstić information content (AvgIpc) is 3.10. The molecule has 3 rings (SSSR count). The largest absolute Gasteiger partial charge is 0.396 e. The number of benzene rings is 2. The molecule has 0 spiro atoms. The fraction of sp³-hybridized carbons (Fsp3) is 0.250. The number of amides is 1. The highest BCUT2D eigenvalue weighted by molar-refractivity contribution is 5.92. The van der Waals surface area contributed by atoms with Gasteiger partial charge in [-0.1, -0.05) is 48.5 Å². The van der Waals surface area contributed by atoms with Gasteiger partial charge in [-0.15, -0.1) is 0 Å². The third-order valence-electron chi connectivity index (χ3n) is 4.27. The molecule has 1 amide bonds. The summed E-state index contributed by atoms with van der Waals surface area (Å²) in [7, 11) is 0. The van der Waals surface area contributed by atoms with Crippen LogP contribution in [0.1, 0.15) is 12.0 Å². The molecule has 0 aliphatic carbocycles. The number of rotatable bonds is 4. The zero-order valence-corrected chi connectivity index (χ0v) is 13.1. The van der Waals surface area contributed by atoms with Crippen molar-refractivity contribution in [1.29, 1.82) is 0 Å². The molecule has 1 atom stereocenters. The van der Waals surface area contributed by atoms with Crippen molar-refractivity contribution in [2.45, 2.75) is 6.42 Å². The van der Waals surface area contributed by atoms with Crippen LogP contribution in [0.5, 0.6) is 0 Å². The van der Waals surface area contributed by atoms with E-state index in [-0.39, 0.29) is 18.4 Å². The summed E-state index contributed by atoms with van der Waals surface area (Å²) >= 11 is 0. The summed E-state index contributed by atoms with van der Waals surface area (Å²) in [5, 5.41) is 9.16.